The highest BCUT2D eigenvalue weighted by atomic mass is 32.1. The molecule has 0 aliphatic carbocycles. The SMILES string of the molecule is CCN(CC)CCCNCc1nc2c3c4c(sc3nc(C)n2n1)COC(C)(C)C4. The van der Waals surface area contributed by atoms with Crippen molar-refractivity contribution in [2.75, 3.05) is 26.2 Å². The van der Waals surface area contributed by atoms with E-state index in [0.29, 0.717) is 13.2 Å². The largest absolute Gasteiger partial charge is 0.370 e. The topological polar surface area (TPSA) is 67.6 Å². The van der Waals surface area contributed by atoms with Crippen molar-refractivity contribution in [3.63, 3.8) is 0 Å². The van der Waals surface area contributed by atoms with Crippen LogP contribution in [-0.4, -0.2) is 56.3 Å². The van der Waals surface area contributed by atoms with Gasteiger partial charge in [-0.05, 0) is 58.9 Å². The summed E-state index contributed by atoms with van der Waals surface area (Å²) in [4.78, 5) is 14.5. The lowest BCUT2D eigenvalue weighted by Crippen LogP contribution is -2.31. The van der Waals surface area contributed by atoms with Gasteiger partial charge in [-0.1, -0.05) is 13.8 Å². The second kappa shape index (κ2) is 8.26. The van der Waals surface area contributed by atoms with E-state index in [1.165, 1.54) is 10.4 Å². The van der Waals surface area contributed by atoms with Crippen LogP contribution in [0.5, 0.6) is 0 Å². The van der Waals surface area contributed by atoms with Crippen molar-refractivity contribution in [1.82, 2.24) is 29.8 Å². The average molecular weight is 417 g/mol. The van der Waals surface area contributed by atoms with Gasteiger partial charge in [0.1, 0.15) is 10.7 Å². The fourth-order valence-electron chi connectivity index (χ4n) is 4.03. The predicted molar refractivity (Wildman–Crippen MR) is 118 cm³/mol. The minimum Gasteiger partial charge on any atom is -0.370 e. The highest BCUT2D eigenvalue weighted by molar-refractivity contribution is 7.19. The minimum atomic E-state index is -0.155. The normalized spacial score (nSPS) is 16.2. The summed E-state index contributed by atoms with van der Waals surface area (Å²) < 4.78 is 7.91. The first-order valence-corrected chi connectivity index (χ1v) is 11.5. The van der Waals surface area contributed by atoms with Crippen LogP contribution in [0.25, 0.3) is 15.9 Å². The van der Waals surface area contributed by atoms with Crippen LogP contribution in [0, 0.1) is 6.92 Å². The standard InChI is InChI=1S/C21H32N6OS/c1-6-26(7-2)10-8-9-22-12-17-24-19-18-15-11-21(4,5)28-13-16(15)29-20(18)23-14(3)27(19)25-17/h22H,6-13H2,1-5H3. The van der Waals surface area contributed by atoms with Gasteiger partial charge in [0.05, 0.1) is 24.1 Å². The molecule has 0 fully saturated rings. The van der Waals surface area contributed by atoms with Gasteiger partial charge in [-0.15, -0.1) is 16.4 Å². The van der Waals surface area contributed by atoms with Gasteiger partial charge in [0.15, 0.2) is 11.5 Å². The molecule has 1 N–H and O–H groups in total. The van der Waals surface area contributed by atoms with E-state index >= 15 is 0 Å². The number of thiophene rings is 1. The molecule has 7 nitrogen and oxygen atoms in total. The van der Waals surface area contributed by atoms with Crippen molar-refractivity contribution in [3.8, 4) is 0 Å². The van der Waals surface area contributed by atoms with Gasteiger partial charge in [-0.3, -0.25) is 0 Å². The molecular weight excluding hydrogens is 384 g/mol. The number of nitrogens with zero attached hydrogens (tertiary/aromatic N) is 5. The van der Waals surface area contributed by atoms with E-state index in [4.69, 9.17) is 19.8 Å². The number of hydrogen-bond donors (Lipinski definition) is 1. The summed E-state index contributed by atoms with van der Waals surface area (Å²) in [5.41, 5.74) is 2.12. The van der Waals surface area contributed by atoms with E-state index in [2.05, 4.69) is 37.9 Å². The molecule has 0 unspecified atom stereocenters. The second-order valence-electron chi connectivity index (χ2n) is 8.39. The fourth-order valence-corrected chi connectivity index (χ4v) is 5.17. The molecule has 0 bridgehead atoms. The quantitative estimate of drug-likeness (QED) is 0.568. The summed E-state index contributed by atoms with van der Waals surface area (Å²) in [6.07, 6.45) is 2.02. The first-order valence-electron chi connectivity index (χ1n) is 10.7. The van der Waals surface area contributed by atoms with Crippen molar-refractivity contribution < 1.29 is 4.74 Å². The van der Waals surface area contributed by atoms with Crippen molar-refractivity contribution in [2.45, 2.75) is 66.2 Å². The lowest BCUT2D eigenvalue weighted by atomic mass is 9.94. The van der Waals surface area contributed by atoms with Gasteiger partial charge in [0, 0.05) is 11.3 Å². The van der Waals surface area contributed by atoms with E-state index in [1.807, 2.05) is 11.4 Å². The maximum absolute atomic E-state index is 6.00. The number of rotatable bonds is 8. The zero-order chi connectivity index (χ0) is 20.6. The summed E-state index contributed by atoms with van der Waals surface area (Å²) in [6, 6.07) is 0. The predicted octanol–water partition coefficient (Wildman–Crippen LogP) is 3.32. The number of aromatic nitrogens is 4. The van der Waals surface area contributed by atoms with Crippen LogP contribution < -0.4 is 5.32 Å². The van der Waals surface area contributed by atoms with Gasteiger partial charge >= 0.3 is 0 Å². The highest BCUT2D eigenvalue weighted by Crippen LogP contribution is 2.39. The molecular formula is C21H32N6OS. The number of nitrogens with one attached hydrogen (secondary N) is 1. The third-order valence-corrected chi connectivity index (χ3v) is 6.82. The fraction of sp³-hybridized carbons (Fsp3) is 0.667. The Balaban J connectivity index is 1.55. The highest BCUT2D eigenvalue weighted by Gasteiger charge is 2.31. The Morgan fingerprint density at radius 2 is 2.03 bits per heavy atom. The Kier molecular flexibility index (Phi) is 5.88. The lowest BCUT2D eigenvalue weighted by molar-refractivity contribution is -0.0379. The molecule has 0 atom stereocenters. The van der Waals surface area contributed by atoms with Crippen LogP contribution in [0.4, 0.5) is 0 Å². The van der Waals surface area contributed by atoms with Gasteiger partial charge in [0.2, 0.25) is 0 Å². The summed E-state index contributed by atoms with van der Waals surface area (Å²) in [5, 5.41) is 9.40. The van der Waals surface area contributed by atoms with Gasteiger partial charge in [0.25, 0.3) is 0 Å². The second-order valence-corrected chi connectivity index (χ2v) is 9.47. The van der Waals surface area contributed by atoms with Crippen LogP contribution >= 0.6 is 11.3 Å². The Hall–Kier alpha value is -1.61. The third-order valence-electron chi connectivity index (χ3n) is 5.72. The van der Waals surface area contributed by atoms with E-state index in [1.54, 1.807) is 11.3 Å². The Bertz CT molecular complexity index is 1000. The summed E-state index contributed by atoms with van der Waals surface area (Å²) >= 11 is 1.73. The van der Waals surface area contributed by atoms with E-state index in [0.717, 1.165) is 66.5 Å². The molecule has 1 aliphatic heterocycles. The van der Waals surface area contributed by atoms with Crippen LogP contribution in [0.2, 0.25) is 0 Å². The van der Waals surface area contributed by atoms with E-state index in [-0.39, 0.29) is 5.60 Å². The molecule has 1 aliphatic rings. The number of hydrogen-bond acceptors (Lipinski definition) is 7. The molecule has 3 aromatic rings. The van der Waals surface area contributed by atoms with Crippen molar-refractivity contribution >= 4 is 27.2 Å². The van der Waals surface area contributed by atoms with E-state index < -0.39 is 0 Å². The maximum Gasteiger partial charge on any atom is 0.168 e. The molecule has 158 valence electrons. The van der Waals surface area contributed by atoms with Crippen LogP contribution in [0.15, 0.2) is 0 Å². The zero-order valence-corrected chi connectivity index (χ0v) is 19.0. The molecule has 0 radical (unpaired) electrons. The van der Waals surface area contributed by atoms with Crippen molar-refractivity contribution in [2.24, 2.45) is 0 Å². The van der Waals surface area contributed by atoms with Crippen LogP contribution in [0.1, 0.15) is 56.2 Å². The summed E-state index contributed by atoms with van der Waals surface area (Å²) in [5.74, 6) is 1.71. The molecule has 4 rings (SSSR count). The van der Waals surface area contributed by atoms with Gasteiger partial charge in [-0.25, -0.2) is 9.97 Å². The Morgan fingerprint density at radius 1 is 1.24 bits per heavy atom. The first-order chi connectivity index (χ1) is 13.9. The van der Waals surface area contributed by atoms with Gasteiger partial charge in [-0.2, -0.15) is 4.52 Å². The van der Waals surface area contributed by atoms with Crippen LogP contribution in [-0.2, 0) is 24.3 Å². The monoisotopic (exact) mass is 416 g/mol. The molecule has 0 spiro atoms. The van der Waals surface area contributed by atoms with Gasteiger partial charge < -0.3 is 15.0 Å². The van der Waals surface area contributed by atoms with Crippen molar-refractivity contribution in [3.05, 3.63) is 22.1 Å². The molecule has 0 amide bonds. The Morgan fingerprint density at radius 3 is 2.79 bits per heavy atom. The van der Waals surface area contributed by atoms with Crippen LogP contribution in [0.3, 0.4) is 0 Å². The number of aryl methyl sites for hydroxylation is 1. The maximum atomic E-state index is 6.00. The summed E-state index contributed by atoms with van der Waals surface area (Å²) in [7, 11) is 0. The third kappa shape index (κ3) is 4.17. The van der Waals surface area contributed by atoms with E-state index in [9.17, 15) is 0 Å². The molecule has 0 saturated carbocycles. The zero-order valence-electron chi connectivity index (χ0n) is 18.2. The smallest absolute Gasteiger partial charge is 0.168 e. The first kappa shape index (κ1) is 20.7. The lowest BCUT2D eigenvalue weighted by Gasteiger charge is -2.30. The molecule has 4 heterocycles. The minimum absolute atomic E-state index is 0.155. The molecule has 0 saturated heterocycles. The average Bonchev–Trinajstić information content (AvgIpc) is 3.25. The number of ether oxygens (including phenoxy) is 1. The Labute approximate surface area is 176 Å². The molecule has 3 aromatic heterocycles. The van der Waals surface area contributed by atoms with Crippen molar-refractivity contribution in [1.29, 1.82) is 0 Å². The molecule has 29 heavy (non-hydrogen) atoms. The molecule has 0 aromatic carbocycles. The molecule has 8 heteroatoms. The number of fused-ring (bicyclic) bond motifs is 5. The summed E-state index contributed by atoms with van der Waals surface area (Å²) in [6.45, 7) is 16.4.